The first-order valence-corrected chi connectivity index (χ1v) is 6.59. The highest BCUT2D eigenvalue weighted by Crippen LogP contribution is 2.14. The van der Waals surface area contributed by atoms with Crippen molar-refractivity contribution in [3.05, 3.63) is 11.9 Å². The van der Waals surface area contributed by atoms with E-state index in [1.54, 1.807) is 0 Å². The Labute approximate surface area is 110 Å². The minimum absolute atomic E-state index is 0.558. The summed E-state index contributed by atoms with van der Waals surface area (Å²) < 4.78 is 0. The molecule has 0 aliphatic heterocycles. The number of aromatic nitrogens is 2. The molecule has 0 amide bonds. The van der Waals surface area contributed by atoms with Crippen molar-refractivity contribution in [2.75, 3.05) is 44.4 Å². The third-order valence-corrected chi connectivity index (χ3v) is 2.83. The fourth-order valence-corrected chi connectivity index (χ4v) is 1.84. The maximum atomic E-state index is 5.82. The van der Waals surface area contributed by atoms with Crippen molar-refractivity contribution in [3.8, 4) is 0 Å². The summed E-state index contributed by atoms with van der Waals surface area (Å²) in [5.41, 5.74) is 5.82. The van der Waals surface area contributed by atoms with Crippen LogP contribution in [0.15, 0.2) is 6.07 Å². The highest BCUT2D eigenvalue weighted by molar-refractivity contribution is 5.46. The standard InChI is InChI=1S/C13H25N5/c1-5-12-15-11(14)10-13(16-12)18(6-2)9-7-8-17(3)4/h10H,5-9H2,1-4H3,(H2,14,15,16). The van der Waals surface area contributed by atoms with E-state index in [0.29, 0.717) is 5.82 Å². The van der Waals surface area contributed by atoms with Crippen molar-refractivity contribution in [2.24, 2.45) is 0 Å². The third kappa shape index (κ3) is 4.49. The van der Waals surface area contributed by atoms with Gasteiger partial charge in [0.15, 0.2) is 0 Å². The van der Waals surface area contributed by atoms with E-state index in [9.17, 15) is 0 Å². The van der Waals surface area contributed by atoms with Crippen LogP contribution in [0.3, 0.4) is 0 Å². The summed E-state index contributed by atoms with van der Waals surface area (Å²) >= 11 is 0. The van der Waals surface area contributed by atoms with Crippen molar-refractivity contribution in [1.82, 2.24) is 14.9 Å². The predicted molar refractivity (Wildman–Crippen MR) is 76.9 cm³/mol. The predicted octanol–water partition coefficient (Wildman–Crippen LogP) is 1.40. The average molecular weight is 251 g/mol. The van der Waals surface area contributed by atoms with Gasteiger partial charge in [0, 0.05) is 25.6 Å². The summed E-state index contributed by atoms with van der Waals surface area (Å²) in [5.74, 6) is 2.32. The Balaban J connectivity index is 2.71. The first kappa shape index (κ1) is 14.7. The van der Waals surface area contributed by atoms with E-state index in [-0.39, 0.29) is 0 Å². The molecule has 0 aliphatic carbocycles. The van der Waals surface area contributed by atoms with Gasteiger partial charge in [0.1, 0.15) is 17.5 Å². The molecule has 0 radical (unpaired) electrons. The molecule has 0 saturated heterocycles. The van der Waals surface area contributed by atoms with Gasteiger partial charge in [-0.05, 0) is 34.0 Å². The van der Waals surface area contributed by atoms with Gasteiger partial charge in [-0.25, -0.2) is 9.97 Å². The molecule has 0 spiro atoms. The van der Waals surface area contributed by atoms with Crippen molar-refractivity contribution in [1.29, 1.82) is 0 Å². The van der Waals surface area contributed by atoms with Gasteiger partial charge in [-0.3, -0.25) is 0 Å². The Hall–Kier alpha value is -1.36. The summed E-state index contributed by atoms with van der Waals surface area (Å²) in [6.45, 7) is 7.19. The van der Waals surface area contributed by atoms with Gasteiger partial charge in [0.25, 0.3) is 0 Å². The SMILES string of the molecule is CCc1nc(N)cc(N(CC)CCCN(C)C)n1. The number of aryl methyl sites for hydroxylation is 1. The minimum atomic E-state index is 0.558. The smallest absolute Gasteiger partial charge is 0.134 e. The molecule has 1 rings (SSSR count). The summed E-state index contributed by atoms with van der Waals surface area (Å²) in [5, 5.41) is 0. The number of hydrogen-bond donors (Lipinski definition) is 1. The largest absolute Gasteiger partial charge is 0.384 e. The monoisotopic (exact) mass is 251 g/mol. The Morgan fingerprint density at radius 3 is 2.44 bits per heavy atom. The Bertz CT molecular complexity index is 364. The van der Waals surface area contributed by atoms with Gasteiger partial charge < -0.3 is 15.5 Å². The number of anilines is 2. The van der Waals surface area contributed by atoms with Crippen molar-refractivity contribution >= 4 is 11.6 Å². The molecule has 0 fully saturated rings. The van der Waals surface area contributed by atoms with Crippen LogP contribution in [-0.4, -0.2) is 48.6 Å². The quantitative estimate of drug-likeness (QED) is 0.794. The maximum Gasteiger partial charge on any atom is 0.134 e. The Morgan fingerprint density at radius 1 is 1.17 bits per heavy atom. The number of hydrogen-bond acceptors (Lipinski definition) is 5. The van der Waals surface area contributed by atoms with Crippen LogP contribution >= 0.6 is 0 Å². The van der Waals surface area contributed by atoms with Crippen LogP contribution in [0, 0.1) is 0 Å². The highest BCUT2D eigenvalue weighted by atomic mass is 15.2. The summed E-state index contributed by atoms with van der Waals surface area (Å²) in [6.07, 6.45) is 1.93. The van der Waals surface area contributed by atoms with E-state index >= 15 is 0 Å². The molecule has 5 heteroatoms. The molecule has 1 aromatic heterocycles. The van der Waals surface area contributed by atoms with Crippen LogP contribution in [0.25, 0.3) is 0 Å². The zero-order valence-corrected chi connectivity index (χ0v) is 12.0. The lowest BCUT2D eigenvalue weighted by molar-refractivity contribution is 0.400. The van der Waals surface area contributed by atoms with E-state index in [1.807, 2.05) is 13.0 Å². The molecule has 0 aromatic carbocycles. The van der Waals surface area contributed by atoms with Crippen LogP contribution in [0.5, 0.6) is 0 Å². The topological polar surface area (TPSA) is 58.3 Å². The zero-order valence-electron chi connectivity index (χ0n) is 12.0. The number of nitrogens with zero attached hydrogens (tertiary/aromatic N) is 4. The van der Waals surface area contributed by atoms with Crippen molar-refractivity contribution < 1.29 is 0 Å². The first-order valence-electron chi connectivity index (χ1n) is 6.59. The van der Waals surface area contributed by atoms with Gasteiger partial charge >= 0.3 is 0 Å². The summed E-state index contributed by atoms with van der Waals surface area (Å²) in [7, 11) is 4.18. The molecule has 0 bridgehead atoms. The molecule has 0 aliphatic rings. The van der Waals surface area contributed by atoms with E-state index in [0.717, 1.165) is 44.1 Å². The average Bonchev–Trinajstić information content (AvgIpc) is 2.33. The molecular formula is C13H25N5. The van der Waals surface area contributed by atoms with Crippen LogP contribution in [0.2, 0.25) is 0 Å². The molecule has 1 heterocycles. The van der Waals surface area contributed by atoms with E-state index in [4.69, 9.17) is 5.73 Å². The molecule has 0 atom stereocenters. The molecule has 18 heavy (non-hydrogen) atoms. The molecule has 0 saturated carbocycles. The van der Waals surface area contributed by atoms with Crippen LogP contribution in [-0.2, 0) is 6.42 Å². The lowest BCUT2D eigenvalue weighted by Crippen LogP contribution is -2.28. The minimum Gasteiger partial charge on any atom is -0.384 e. The molecule has 5 nitrogen and oxygen atoms in total. The summed E-state index contributed by atoms with van der Waals surface area (Å²) in [4.78, 5) is 13.2. The summed E-state index contributed by atoms with van der Waals surface area (Å²) in [6, 6.07) is 1.86. The molecular weight excluding hydrogens is 226 g/mol. The second-order valence-electron chi connectivity index (χ2n) is 4.66. The van der Waals surface area contributed by atoms with Crippen LogP contribution < -0.4 is 10.6 Å². The number of nitrogen functional groups attached to an aromatic ring is 1. The van der Waals surface area contributed by atoms with E-state index in [1.165, 1.54) is 0 Å². The van der Waals surface area contributed by atoms with E-state index in [2.05, 4.69) is 40.8 Å². The maximum absolute atomic E-state index is 5.82. The molecule has 102 valence electrons. The second kappa shape index (κ2) is 7.16. The van der Waals surface area contributed by atoms with Crippen LogP contribution in [0.4, 0.5) is 11.6 Å². The fourth-order valence-electron chi connectivity index (χ4n) is 1.84. The number of nitrogens with two attached hydrogens (primary N) is 1. The number of rotatable bonds is 7. The molecule has 0 unspecified atom stereocenters. The molecule has 2 N–H and O–H groups in total. The van der Waals surface area contributed by atoms with Crippen molar-refractivity contribution in [2.45, 2.75) is 26.7 Å². The van der Waals surface area contributed by atoms with Gasteiger partial charge in [-0.15, -0.1) is 0 Å². The Morgan fingerprint density at radius 2 is 1.89 bits per heavy atom. The fraction of sp³-hybridized carbons (Fsp3) is 0.692. The molecule has 1 aromatic rings. The van der Waals surface area contributed by atoms with Gasteiger partial charge in [-0.2, -0.15) is 0 Å². The second-order valence-corrected chi connectivity index (χ2v) is 4.66. The normalized spacial score (nSPS) is 10.9. The lowest BCUT2D eigenvalue weighted by atomic mass is 10.3. The van der Waals surface area contributed by atoms with Gasteiger partial charge in [0.05, 0.1) is 0 Å². The van der Waals surface area contributed by atoms with Gasteiger partial charge in [-0.1, -0.05) is 6.92 Å². The first-order chi connectivity index (χ1) is 8.56. The van der Waals surface area contributed by atoms with Crippen LogP contribution in [0.1, 0.15) is 26.1 Å². The highest BCUT2D eigenvalue weighted by Gasteiger charge is 2.08. The third-order valence-electron chi connectivity index (χ3n) is 2.83. The zero-order chi connectivity index (χ0) is 13.5. The van der Waals surface area contributed by atoms with Gasteiger partial charge in [0.2, 0.25) is 0 Å². The van der Waals surface area contributed by atoms with Crippen molar-refractivity contribution in [3.63, 3.8) is 0 Å². The Kier molecular flexibility index (Phi) is 5.85. The lowest BCUT2D eigenvalue weighted by Gasteiger charge is -2.23. The van der Waals surface area contributed by atoms with E-state index < -0.39 is 0 Å².